The number of Topliss-reactive ketones (excluding diaryl/α,β-unsaturated/α-hetero) is 1. The van der Waals surface area contributed by atoms with Gasteiger partial charge in [0.1, 0.15) is 18.1 Å². The summed E-state index contributed by atoms with van der Waals surface area (Å²) in [6.45, 7) is 15.9. The molecule has 3 heterocycles. The second-order valence-electron chi connectivity index (χ2n) is 15.3. The predicted molar refractivity (Wildman–Crippen MR) is 186 cm³/mol. The number of rotatable bonds is 10. The first-order chi connectivity index (χ1) is 23.4. The molecule has 0 aromatic rings. The normalized spacial score (nSPS) is 40.7. The molecular weight excluding hydrogens is 648 g/mol. The maximum atomic E-state index is 14.2. The number of azide groups is 1. The van der Waals surface area contributed by atoms with Gasteiger partial charge >= 0.3 is 12.1 Å². The number of fused-ring (bicyclic) bond motifs is 1. The number of amides is 1. The molecule has 0 saturated carbocycles. The predicted octanol–water partition coefficient (Wildman–Crippen LogP) is 4.05. The van der Waals surface area contributed by atoms with Gasteiger partial charge in [-0.3, -0.25) is 14.5 Å². The molecule has 15 heteroatoms. The highest BCUT2D eigenvalue weighted by atomic mass is 16.7. The number of nitrogens with one attached hydrogen (secondary N) is 1. The van der Waals surface area contributed by atoms with Crippen LogP contribution in [-0.4, -0.2) is 134 Å². The van der Waals surface area contributed by atoms with E-state index in [4.69, 9.17) is 29.2 Å². The van der Waals surface area contributed by atoms with Crippen LogP contribution in [0.25, 0.3) is 10.4 Å². The van der Waals surface area contributed by atoms with Gasteiger partial charge in [0.05, 0.1) is 23.9 Å². The van der Waals surface area contributed by atoms with Crippen molar-refractivity contribution in [2.45, 2.75) is 148 Å². The Hall–Kier alpha value is -2.52. The lowest BCUT2D eigenvalue weighted by atomic mass is 9.78. The van der Waals surface area contributed by atoms with Crippen molar-refractivity contribution in [2.24, 2.45) is 22.9 Å². The Morgan fingerprint density at radius 2 is 1.82 bits per heavy atom. The number of likely N-dealkylation sites (N-methyl/N-ethyl adjacent to an activating group) is 1. The van der Waals surface area contributed by atoms with Gasteiger partial charge in [0, 0.05) is 43.1 Å². The van der Waals surface area contributed by atoms with Crippen molar-refractivity contribution in [1.82, 2.24) is 15.1 Å². The number of carbonyl (C=O) groups excluding carboxylic acids is 3. The highest BCUT2D eigenvalue weighted by Gasteiger charge is 2.58. The molecule has 50 heavy (non-hydrogen) atoms. The van der Waals surface area contributed by atoms with Gasteiger partial charge in [-0.2, -0.15) is 0 Å². The second kappa shape index (κ2) is 17.8. The van der Waals surface area contributed by atoms with Crippen LogP contribution in [0.1, 0.15) is 87.5 Å². The molecule has 3 aliphatic rings. The summed E-state index contributed by atoms with van der Waals surface area (Å²) in [5.41, 5.74) is 6.39. The van der Waals surface area contributed by atoms with Crippen LogP contribution >= 0.6 is 0 Å². The van der Waals surface area contributed by atoms with Crippen LogP contribution in [-0.2, 0) is 33.3 Å². The van der Waals surface area contributed by atoms with Crippen molar-refractivity contribution in [1.29, 1.82) is 0 Å². The van der Waals surface area contributed by atoms with E-state index in [0.717, 1.165) is 0 Å². The average Bonchev–Trinajstić information content (AvgIpc) is 3.33. The van der Waals surface area contributed by atoms with E-state index in [-0.39, 0.29) is 24.1 Å². The molecule has 286 valence electrons. The van der Waals surface area contributed by atoms with E-state index in [0.29, 0.717) is 51.7 Å². The van der Waals surface area contributed by atoms with E-state index in [1.54, 1.807) is 25.9 Å². The molecule has 3 aliphatic heterocycles. The summed E-state index contributed by atoms with van der Waals surface area (Å²) in [6, 6.07) is -1.04. The van der Waals surface area contributed by atoms with Gasteiger partial charge in [-0.25, -0.2) is 4.79 Å². The van der Waals surface area contributed by atoms with E-state index >= 15 is 0 Å². The third-order valence-corrected chi connectivity index (χ3v) is 11.0. The van der Waals surface area contributed by atoms with Gasteiger partial charge in [0.2, 0.25) is 0 Å². The van der Waals surface area contributed by atoms with E-state index in [1.807, 2.05) is 46.7 Å². The zero-order valence-corrected chi connectivity index (χ0v) is 32.0. The first-order valence-corrected chi connectivity index (χ1v) is 18.1. The molecule has 3 saturated heterocycles. The lowest BCUT2D eigenvalue weighted by molar-refractivity contribution is -0.295. The van der Waals surface area contributed by atoms with Crippen LogP contribution in [0.4, 0.5) is 4.79 Å². The quantitative estimate of drug-likeness (QED) is 0.0832. The molecule has 0 aromatic heterocycles. The maximum absolute atomic E-state index is 14.2. The molecule has 3 fully saturated rings. The topological polar surface area (TPSA) is 185 Å². The summed E-state index contributed by atoms with van der Waals surface area (Å²) in [5.74, 6) is -3.17. The van der Waals surface area contributed by atoms with E-state index in [2.05, 4.69) is 22.3 Å². The minimum atomic E-state index is -1.22. The molecular formula is C35H62N6O9. The van der Waals surface area contributed by atoms with E-state index < -0.39 is 71.5 Å². The zero-order chi connectivity index (χ0) is 37.6. The number of methoxy groups -OCH3 is 1. The Balaban J connectivity index is 2.02. The average molecular weight is 711 g/mol. The molecule has 0 bridgehead atoms. The number of unbranched alkanes of at least 4 members (excludes halogenated alkanes) is 1. The largest absolute Gasteiger partial charge is 0.458 e. The molecule has 0 radical (unpaired) electrons. The fourth-order valence-electron chi connectivity index (χ4n) is 8.17. The van der Waals surface area contributed by atoms with Gasteiger partial charge in [-0.1, -0.05) is 25.9 Å². The van der Waals surface area contributed by atoms with Crippen LogP contribution in [0.5, 0.6) is 0 Å². The van der Waals surface area contributed by atoms with Crippen LogP contribution in [0.2, 0.25) is 0 Å². The molecule has 2 unspecified atom stereocenters. The van der Waals surface area contributed by atoms with Crippen LogP contribution < -0.4 is 5.32 Å². The Kier molecular flexibility index (Phi) is 14.9. The molecule has 0 aromatic carbocycles. The van der Waals surface area contributed by atoms with Gasteiger partial charge in [-0.05, 0) is 98.8 Å². The maximum Gasteiger partial charge on any atom is 0.410 e. The number of nitrogens with zero attached hydrogens (tertiary/aromatic N) is 5. The van der Waals surface area contributed by atoms with Gasteiger partial charge < -0.3 is 39.0 Å². The summed E-state index contributed by atoms with van der Waals surface area (Å²) in [5, 5.41) is 18.6. The summed E-state index contributed by atoms with van der Waals surface area (Å²) in [4.78, 5) is 47.9. The lowest BCUT2D eigenvalue weighted by Crippen LogP contribution is -2.61. The van der Waals surface area contributed by atoms with Crippen molar-refractivity contribution < 1.29 is 43.2 Å². The summed E-state index contributed by atoms with van der Waals surface area (Å²) in [7, 11) is 5.36. The van der Waals surface area contributed by atoms with Crippen molar-refractivity contribution in [3.63, 3.8) is 0 Å². The zero-order valence-electron chi connectivity index (χ0n) is 32.0. The first-order valence-electron chi connectivity index (χ1n) is 18.1. The lowest BCUT2D eigenvalue weighted by Gasteiger charge is -2.46. The van der Waals surface area contributed by atoms with Crippen LogP contribution in [0, 0.1) is 17.8 Å². The first kappa shape index (κ1) is 41.9. The number of carbonyl (C=O) groups is 3. The number of hydrogen-bond donors (Lipinski definition) is 2. The smallest absolute Gasteiger partial charge is 0.410 e. The van der Waals surface area contributed by atoms with Crippen molar-refractivity contribution in [3.8, 4) is 0 Å². The van der Waals surface area contributed by atoms with E-state index in [9.17, 15) is 19.5 Å². The van der Waals surface area contributed by atoms with Gasteiger partial charge in [0.15, 0.2) is 17.7 Å². The van der Waals surface area contributed by atoms with Crippen molar-refractivity contribution in [2.75, 3.05) is 40.8 Å². The Morgan fingerprint density at radius 3 is 2.42 bits per heavy atom. The van der Waals surface area contributed by atoms with Crippen LogP contribution in [0.15, 0.2) is 5.11 Å². The summed E-state index contributed by atoms with van der Waals surface area (Å²) >= 11 is 0. The monoisotopic (exact) mass is 710 g/mol. The number of hydrogen-bond acceptors (Lipinski definition) is 12. The molecule has 1 amide bonds. The number of ketones is 1. The molecule has 13 atom stereocenters. The Morgan fingerprint density at radius 1 is 1.14 bits per heavy atom. The number of ether oxygens (including phenoxy) is 5. The third-order valence-electron chi connectivity index (χ3n) is 11.0. The fraction of sp³-hybridized carbons (Fsp3) is 0.914. The number of aliphatic hydroxyl groups is 1. The molecule has 0 aliphatic carbocycles. The SMILES string of the molecule is CC[C@H]1OC(=O)C(C)C(=O)[C@@H](C)[C@@H](O[C@@H]2O[C@H](C)CC(N(C)C)[C@H]2O)[C@](C)(OC)C[C@@H](C)CN[C@H](C)[C@H]2N(CCCCN=[N+]=[N-])C(=O)O[C@]12C. The molecule has 15 nitrogen and oxygen atoms in total. The minimum absolute atomic E-state index is 0.00887. The molecule has 2 N–H and O–H groups in total. The van der Waals surface area contributed by atoms with E-state index in [1.165, 1.54) is 6.92 Å². The Labute approximate surface area is 297 Å². The number of cyclic esters (lactones) is 1. The number of esters is 1. The number of aliphatic hydroxyl groups excluding tert-OH is 1. The third kappa shape index (κ3) is 9.28. The highest BCUT2D eigenvalue weighted by Crippen LogP contribution is 2.40. The fourth-order valence-corrected chi connectivity index (χ4v) is 8.17. The highest BCUT2D eigenvalue weighted by molar-refractivity contribution is 6.00. The minimum Gasteiger partial charge on any atom is -0.458 e. The van der Waals surface area contributed by atoms with Crippen LogP contribution in [0.3, 0.4) is 0 Å². The Bertz CT molecular complexity index is 1220. The second-order valence-corrected chi connectivity index (χ2v) is 15.3. The summed E-state index contributed by atoms with van der Waals surface area (Å²) in [6.07, 6.45) is -1.89. The summed E-state index contributed by atoms with van der Waals surface area (Å²) < 4.78 is 31.1. The molecule has 0 spiro atoms. The standard InChI is InChI=1S/C35H62N6O9/c1-12-26-35(8)29(41(33(45)50-35)16-14-13-15-38-39-36)24(6)37-19-20(2)18-34(7,46-11)30(22(4)27(42)23(5)31(44)48-26)49-32-28(43)25(40(9)10)17-21(3)47-32/h20-26,28-30,32,37,43H,12-19H2,1-11H3/t20-,21-,22-,23?,24-,25?,26-,28-,29-,30-,32+,34-,35-/m1/s1. The molecule has 3 rings (SSSR count). The van der Waals surface area contributed by atoms with Gasteiger partial charge in [-0.15, -0.1) is 0 Å². The van der Waals surface area contributed by atoms with Crippen molar-refractivity contribution in [3.05, 3.63) is 10.4 Å². The van der Waals surface area contributed by atoms with Crippen molar-refractivity contribution >= 4 is 17.8 Å². The van der Waals surface area contributed by atoms with Gasteiger partial charge in [0.25, 0.3) is 0 Å².